The van der Waals surface area contributed by atoms with Gasteiger partial charge in [-0.3, -0.25) is 9.55 Å². The number of rotatable bonds is 6. The van der Waals surface area contributed by atoms with E-state index < -0.39 is 7.60 Å². The van der Waals surface area contributed by atoms with Crippen LogP contribution >= 0.6 is 7.60 Å². The Morgan fingerprint density at radius 2 is 2.19 bits per heavy atom. The minimum Gasteiger partial charge on any atom is -0.396 e. The van der Waals surface area contributed by atoms with Crippen LogP contribution in [0.2, 0.25) is 0 Å². The molecule has 6 heteroatoms. The summed E-state index contributed by atoms with van der Waals surface area (Å²) in [5, 5.41) is 8.75. The molecule has 0 aliphatic rings. The van der Waals surface area contributed by atoms with E-state index in [1.807, 2.05) is 0 Å². The van der Waals surface area contributed by atoms with E-state index in [2.05, 4.69) is 4.98 Å². The van der Waals surface area contributed by atoms with Crippen molar-refractivity contribution in [1.29, 1.82) is 0 Å². The number of nitrogens with zero attached hydrogens (tertiary/aromatic N) is 1. The van der Waals surface area contributed by atoms with E-state index in [0.29, 0.717) is 12.8 Å². The largest absolute Gasteiger partial charge is 0.396 e. The molecule has 1 unspecified atom stereocenters. The van der Waals surface area contributed by atoms with Gasteiger partial charge in [0.2, 0.25) is 0 Å². The molecule has 0 aliphatic heterocycles. The lowest BCUT2D eigenvalue weighted by Gasteiger charge is -2.17. The van der Waals surface area contributed by atoms with Gasteiger partial charge in [-0.25, -0.2) is 0 Å². The van der Waals surface area contributed by atoms with Crippen molar-refractivity contribution in [3.05, 3.63) is 30.1 Å². The van der Waals surface area contributed by atoms with Gasteiger partial charge in [-0.2, -0.15) is 0 Å². The van der Waals surface area contributed by atoms with Gasteiger partial charge in [0.1, 0.15) is 0 Å². The Bertz CT molecular complexity index is 351. The highest BCUT2D eigenvalue weighted by Crippen LogP contribution is 2.41. The molecule has 1 rings (SSSR count). The summed E-state index contributed by atoms with van der Waals surface area (Å²) in [6, 6.07) is 3.53. The summed E-state index contributed by atoms with van der Waals surface area (Å²) in [7, 11) is -4.04. The van der Waals surface area contributed by atoms with Gasteiger partial charge in [-0.05, 0) is 30.4 Å². The van der Waals surface area contributed by atoms with Gasteiger partial charge in [0.25, 0.3) is 0 Å². The Balaban J connectivity index is 2.75. The van der Waals surface area contributed by atoms with Crippen molar-refractivity contribution in [3.63, 3.8) is 0 Å². The summed E-state index contributed by atoms with van der Waals surface area (Å²) in [6.07, 6.45) is 4.10. The van der Waals surface area contributed by atoms with Gasteiger partial charge < -0.3 is 14.9 Å². The SMILES string of the molecule is O=P(O)(O)CC(CCCO)c1cccnc1. The van der Waals surface area contributed by atoms with E-state index in [4.69, 9.17) is 14.9 Å². The normalized spacial score (nSPS) is 13.7. The first-order chi connectivity index (χ1) is 7.53. The lowest BCUT2D eigenvalue weighted by atomic mass is 9.98. The van der Waals surface area contributed by atoms with Gasteiger partial charge in [-0.1, -0.05) is 6.07 Å². The van der Waals surface area contributed by atoms with E-state index in [1.54, 1.807) is 24.5 Å². The van der Waals surface area contributed by atoms with Gasteiger partial charge >= 0.3 is 7.60 Å². The van der Waals surface area contributed by atoms with Gasteiger partial charge in [0, 0.05) is 19.0 Å². The minimum atomic E-state index is -4.04. The molecule has 1 aromatic rings. The molecule has 0 fully saturated rings. The van der Waals surface area contributed by atoms with Crippen molar-refractivity contribution >= 4 is 7.60 Å². The fraction of sp³-hybridized carbons (Fsp3) is 0.500. The van der Waals surface area contributed by atoms with E-state index in [9.17, 15) is 4.57 Å². The molecule has 0 amide bonds. The van der Waals surface area contributed by atoms with Crippen molar-refractivity contribution < 1.29 is 19.5 Å². The molecule has 3 N–H and O–H groups in total. The maximum Gasteiger partial charge on any atom is 0.326 e. The first kappa shape index (κ1) is 13.3. The zero-order chi connectivity index (χ0) is 12.0. The van der Waals surface area contributed by atoms with Crippen molar-refractivity contribution in [2.24, 2.45) is 0 Å². The minimum absolute atomic E-state index is 0.0257. The highest BCUT2D eigenvalue weighted by Gasteiger charge is 2.22. The van der Waals surface area contributed by atoms with Crippen LogP contribution in [0.3, 0.4) is 0 Å². The highest BCUT2D eigenvalue weighted by molar-refractivity contribution is 7.51. The fourth-order valence-corrected chi connectivity index (χ4v) is 2.57. The molecule has 0 aliphatic carbocycles. The van der Waals surface area contributed by atoms with Crippen LogP contribution in [0, 0.1) is 0 Å². The summed E-state index contributed by atoms with van der Waals surface area (Å²) in [5.74, 6) is -0.248. The lowest BCUT2D eigenvalue weighted by Crippen LogP contribution is -2.06. The second kappa shape index (κ2) is 6.11. The number of aliphatic hydroxyl groups excluding tert-OH is 1. The Hall–Kier alpha value is -0.740. The number of aliphatic hydroxyl groups is 1. The molecule has 5 nitrogen and oxygen atoms in total. The first-order valence-corrected chi connectivity index (χ1v) is 6.88. The lowest BCUT2D eigenvalue weighted by molar-refractivity contribution is 0.279. The van der Waals surface area contributed by atoms with E-state index in [0.717, 1.165) is 5.56 Å². The van der Waals surface area contributed by atoms with E-state index in [-0.39, 0.29) is 18.7 Å². The standard InChI is InChI=1S/C10H16NO4P/c12-6-2-4-10(8-16(13,14)15)9-3-1-5-11-7-9/h1,3,5,7,10,12H,2,4,6,8H2,(H2,13,14,15). The molecule has 90 valence electrons. The summed E-state index contributed by atoms with van der Waals surface area (Å²) >= 11 is 0. The summed E-state index contributed by atoms with van der Waals surface area (Å²) in [5.41, 5.74) is 0.805. The summed E-state index contributed by atoms with van der Waals surface area (Å²) in [6.45, 7) is 0.0257. The zero-order valence-electron chi connectivity index (χ0n) is 8.86. The third kappa shape index (κ3) is 4.86. The Morgan fingerprint density at radius 1 is 1.44 bits per heavy atom. The molecule has 0 bridgehead atoms. The predicted octanol–water partition coefficient (Wildman–Crippen LogP) is 1.12. The van der Waals surface area contributed by atoms with Crippen LogP contribution < -0.4 is 0 Å². The molecule has 0 spiro atoms. The van der Waals surface area contributed by atoms with Gasteiger partial charge in [0.15, 0.2) is 0 Å². The molecule has 1 aromatic heterocycles. The average Bonchev–Trinajstić information content (AvgIpc) is 2.24. The van der Waals surface area contributed by atoms with Crippen LogP contribution in [0.5, 0.6) is 0 Å². The molecular formula is C10H16NO4P. The van der Waals surface area contributed by atoms with Crippen molar-refractivity contribution in [1.82, 2.24) is 4.98 Å². The maximum absolute atomic E-state index is 11.0. The molecule has 0 aromatic carbocycles. The average molecular weight is 245 g/mol. The Kier molecular flexibility index (Phi) is 5.09. The smallest absolute Gasteiger partial charge is 0.326 e. The van der Waals surface area contributed by atoms with Crippen LogP contribution in [-0.4, -0.2) is 32.6 Å². The predicted molar refractivity (Wildman–Crippen MR) is 60.2 cm³/mol. The molecule has 16 heavy (non-hydrogen) atoms. The topological polar surface area (TPSA) is 90.7 Å². The van der Waals surface area contributed by atoms with Gasteiger partial charge in [0.05, 0.1) is 6.16 Å². The van der Waals surface area contributed by atoms with E-state index in [1.165, 1.54) is 0 Å². The molecule has 1 atom stereocenters. The maximum atomic E-state index is 11.0. The Morgan fingerprint density at radius 3 is 2.69 bits per heavy atom. The fourth-order valence-electron chi connectivity index (χ4n) is 1.61. The van der Waals surface area contributed by atoms with Crippen LogP contribution in [0.4, 0.5) is 0 Å². The summed E-state index contributed by atoms with van der Waals surface area (Å²) in [4.78, 5) is 21.9. The monoisotopic (exact) mass is 245 g/mol. The van der Waals surface area contributed by atoms with Crippen LogP contribution in [0.1, 0.15) is 24.3 Å². The molecule has 0 saturated carbocycles. The van der Waals surface area contributed by atoms with Crippen molar-refractivity contribution in [2.75, 3.05) is 12.8 Å². The number of hydrogen-bond acceptors (Lipinski definition) is 3. The quantitative estimate of drug-likeness (QED) is 0.653. The van der Waals surface area contributed by atoms with Crippen LogP contribution in [0.25, 0.3) is 0 Å². The number of hydrogen-bond donors (Lipinski definition) is 3. The third-order valence-electron chi connectivity index (χ3n) is 2.32. The van der Waals surface area contributed by atoms with Crippen LogP contribution in [0.15, 0.2) is 24.5 Å². The zero-order valence-corrected chi connectivity index (χ0v) is 9.75. The van der Waals surface area contributed by atoms with Gasteiger partial charge in [-0.15, -0.1) is 0 Å². The number of pyridine rings is 1. The molecule has 1 heterocycles. The van der Waals surface area contributed by atoms with Crippen molar-refractivity contribution in [3.8, 4) is 0 Å². The highest BCUT2D eigenvalue weighted by atomic mass is 31.2. The molecular weight excluding hydrogens is 229 g/mol. The third-order valence-corrected chi connectivity index (χ3v) is 3.24. The first-order valence-electron chi connectivity index (χ1n) is 5.08. The van der Waals surface area contributed by atoms with Crippen LogP contribution in [-0.2, 0) is 4.57 Å². The second-order valence-electron chi connectivity index (χ2n) is 3.70. The second-order valence-corrected chi connectivity index (χ2v) is 5.39. The van der Waals surface area contributed by atoms with Crippen molar-refractivity contribution in [2.45, 2.75) is 18.8 Å². The van der Waals surface area contributed by atoms with E-state index >= 15 is 0 Å². The Labute approximate surface area is 94.3 Å². The molecule has 0 radical (unpaired) electrons. The molecule has 0 saturated heterocycles. The summed E-state index contributed by atoms with van der Waals surface area (Å²) < 4.78 is 11.0. The number of aromatic nitrogens is 1.